The Morgan fingerprint density at radius 3 is 0.667 bits per heavy atom. The summed E-state index contributed by atoms with van der Waals surface area (Å²) in [7, 11) is 0. The van der Waals surface area contributed by atoms with Crippen LogP contribution >= 0.6 is 0 Å². The summed E-state index contributed by atoms with van der Waals surface area (Å²) in [5.41, 5.74) is 0. The minimum Gasteiger partial charge on any atom is -0.397 e. The molecular formula is C12H30O2Ti. The van der Waals surface area contributed by atoms with Gasteiger partial charge in [0.05, 0.1) is 0 Å². The number of hydrogen-bond donors (Lipinski definition) is 2. The van der Waals surface area contributed by atoms with Crippen LogP contribution < -0.4 is 0 Å². The first-order chi connectivity index (χ1) is 6.29. The van der Waals surface area contributed by atoms with Gasteiger partial charge in [0.2, 0.25) is 0 Å². The van der Waals surface area contributed by atoms with Gasteiger partial charge in [0.1, 0.15) is 0 Å². The topological polar surface area (TPSA) is 40.5 Å². The molecule has 0 spiro atoms. The van der Waals surface area contributed by atoms with Gasteiger partial charge in [-0.3, -0.25) is 0 Å². The summed E-state index contributed by atoms with van der Waals surface area (Å²) in [6.45, 7) is 16.4. The summed E-state index contributed by atoms with van der Waals surface area (Å²) in [5, 5.41) is 15.1. The van der Waals surface area contributed by atoms with Crippen LogP contribution in [0.1, 0.15) is 55.4 Å². The summed E-state index contributed by atoms with van der Waals surface area (Å²) in [6, 6.07) is 0. The fourth-order valence-corrected chi connectivity index (χ4v) is 0. The molecule has 0 unspecified atom stereocenters. The molecule has 2 nitrogen and oxygen atoms in total. The fraction of sp³-hybridized carbons (Fsp3) is 0.833. The van der Waals surface area contributed by atoms with E-state index in [2.05, 4.69) is 41.5 Å². The van der Waals surface area contributed by atoms with Crippen molar-refractivity contribution in [2.45, 2.75) is 55.4 Å². The Labute approximate surface area is 112 Å². The monoisotopic (exact) mass is 254 g/mol. The maximum Gasteiger partial charge on any atom is 2.00 e. The predicted molar refractivity (Wildman–Crippen MR) is 66.0 cm³/mol. The zero-order chi connectivity index (χ0) is 12.6. The van der Waals surface area contributed by atoms with E-state index in [1.807, 2.05) is 0 Å². The Kier molecular flexibility index (Phi) is 72.0. The molecule has 0 aromatic carbocycles. The third kappa shape index (κ3) is 5810. The molecule has 0 aliphatic rings. The first-order valence-corrected chi connectivity index (χ1v) is 5.05. The van der Waals surface area contributed by atoms with E-state index in [-0.39, 0.29) is 34.9 Å². The van der Waals surface area contributed by atoms with Crippen molar-refractivity contribution in [3.8, 4) is 0 Å². The van der Waals surface area contributed by atoms with Gasteiger partial charge in [-0.2, -0.15) is 41.5 Å². The van der Waals surface area contributed by atoms with Gasteiger partial charge in [-0.1, -0.05) is 0 Å². The van der Waals surface area contributed by atoms with E-state index >= 15 is 0 Å². The van der Waals surface area contributed by atoms with E-state index in [0.717, 1.165) is 0 Å². The van der Waals surface area contributed by atoms with Crippen LogP contribution in [0, 0.1) is 11.8 Å². The summed E-state index contributed by atoms with van der Waals surface area (Å²) in [4.78, 5) is 0. The molecule has 94 valence electrons. The molecule has 0 atom stereocenters. The van der Waals surface area contributed by atoms with Crippen LogP contribution in [0.15, 0.2) is 0 Å². The SMILES string of the molecule is CCO.CCO.C[C-](C)C.C[C-](C)C.[Ti+2]. The van der Waals surface area contributed by atoms with Crippen LogP contribution in [0.4, 0.5) is 0 Å². The van der Waals surface area contributed by atoms with Crippen molar-refractivity contribution in [3.05, 3.63) is 11.8 Å². The molecule has 0 fully saturated rings. The molecule has 0 radical (unpaired) electrons. The van der Waals surface area contributed by atoms with Crippen LogP contribution in [-0.4, -0.2) is 23.4 Å². The van der Waals surface area contributed by atoms with Crippen molar-refractivity contribution < 1.29 is 31.9 Å². The smallest absolute Gasteiger partial charge is 0.397 e. The summed E-state index contributed by atoms with van der Waals surface area (Å²) >= 11 is 0. The number of aliphatic hydroxyl groups is 2. The van der Waals surface area contributed by atoms with Gasteiger partial charge >= 0.3 is 21.7 Å². The standard InChI is InChI=1S/2C4H9.2C2H6O.Ti/c2*1-4(2)3;2*1-2-3;/h2*1-3H3;2*3H,2H2,1H3;/q2*-1;;;+2. The molecule has 3 heteroatoms. The molecule has 0 aromatic heterocycles. The van der Waals surface area contributed by atoms with Gasteiger partial charge in [0.15, 0.2) is 0 Å². The average Bonchev–Trinajstić information content (AvgIpc) is 1.85. The third-order valence-electron chi connectivity index (χ3n) is 0. The van der Waals surface area contributed by atoms with Gasteiger partial charge < -0.3 is 22.0 Å². The van der Waals surface area contributed by atoms with Crippen LogP contribution in [0.2, 0.25) is 0 Å². The zero-order valence-electron chi connectivity index (χ0n) is 11.8. The third-order valence-corrected chi connectivity index (χ3v) is 0. The largest absolute Gasteiger partial charge is 2.00 e. The molecule has 0 aliphatic carbocycles. The van der Waals surface area contributed by atoms with Gasteiger partial charge in [0, 0.05) is 13.2 Å². The molecule has 0 saturated heterocycles. The van der Waals surface area contributed by atoms with Gasteiger partial charge in [-0.15, -0.1) is 0 Å². The molecule has 0 rings (SSSR count). The first-order valence-electron chi connectivity index (χ1n) is 5.05. The van der Waals surface area contributed by atoms with Gasteiger partial charge in [0.25, 0.3) is 0 Å². The van der Waals surface area contributed by atoms with Crippen molar-refractivity contribution >= 4 is 0 Å². The average molecular weight is 254 g/mol. The second-order valence-electron chi connectivity index (χ2n) is 3.63. The Balaban J connectivity index is -0.0000000293. The van der Waals surface area contributed by atoms with Gasteiger partial charge in [-0.25, -0.2) is 0 Å². The number of hydrogen-bond acceptors (Lipinski definition) is 2. The molecule has 0 bridgehead atoms. The Bertz CT molecular complexity index is 44.1. The Morgan fingerprint density at radius 2 is 0.667 bits per heavy atom. The van der Waals surface area contributed by atoms with Crippen LogP contribution in [-0.2, 0) is 21.7 Å². The second-order valence-corrected chi connectivity index (χ2v) is 3.63. The summed E-state index contributed by atoms with van der Waals surface area (Å²) in [5.74, 6) is 2.83. The minimum atomic E-state index is 0. The molecule has 0 heterocycles. The van der Waals surface area contributed by atoms with Crippen molar-refractivity contribution in [3.63, 3.8) is 0 Å². The second kappa shape index (κ2) is 36.5. The van der Waals surface area contributed by atoms with Crippen molar-refractivity contribution in [2.24, 2.45) is 0 Å². The van der Waals surface area contributed by atoms with E-state index in [4.69, 9.17) is 10.2 Å². The fourth-order valence-electron chi connectivity index (χ4n) is 0. The molecular weight excluding hydrogens is 224 g/mol. The molecule has 2 N–H and O–H groups in total. The summed E-state index contributed by atoms with van der Waals surface area (Å²) in [6.07, 6.45) is 0. The molecule has 0 amide bonds. The number of rotatable bonds is 0. The van der Waals surface area contributed by atoms with Crippen LogP contribution in [0.3, 0.4) is 0 Å². The van der Waals surface area contributed by atoms with Crippen LogP contribution in [0.5, 0.6) is 0 Å². The Morgan fingerprint density at radius 1 is 0.667 bits per heavy atom. The zero-order valence-corrected chi connectivity index (χ0v) is 13.4. The maximum absolute atomic E-state index is 7.57. The predicted octanol–water partition coefficient (Wildman–Crippen LogP) is 3.24. The molecule has 0 aliphatic heterocycles. The maximum atomic E-state index is 7.57. The molecule has 0 saturated carbocycles. The van der Waals surface area contributed by atoms with E-state index in [0.29, 0.717) is 0 Å². The Hall–Kier alpha value is 0.634. The molecule has 15 heavy (non-hydrogen) atoms. The van der Waals surface area contributed by atoms with Crippen molar-refractivity contribution in [2.75, 3.05) is 13.2 Å². The van der Waals surface area contributed by atoms with E-state index in [1.165, 1.54) is 11.8 Å². The summed E-state index contributed by atoms with van der Waals surface area (Å²) < 4.78 is 0. The minimum absolute atomic E-state index is 0. The van der Waals surface area contributed by atoms with Crippen molar-refractivity contribution in [1.82, 2.24) is 0 Å². The van der Waals surface area contributed by atoms with E-state index in [9.17, 15) is 0 Å². The van der Waals surface area contributed by atoms with E-state index in [1.54, 1.807) is 13.8 Å². The van der Waals surface area contributed by atoms with Crippen molar-refractivity contribution in [1.29, 1.82) is 0 Å². The van der Waals surface area contributed by atoms with Crippen LogP contribution in [0.25, 0.3) is 0 Å². The quantitative estimate of drug-likeness (QED) is 0.514. The van der Waals surface area contributed by atoms with Gasteiger partial charge in [-0.05, 0) is 13.8 Å². The normalized spacial score (nSPS) is 7.20. The van der Waals surface area contributed by atoms with E-state index < -0.39 is 0 Å². The molecule has 0 aromatic rings. The number of aliphatic hydroxyl groups excluding tert-OH is 2. The first kappa shape index (κ1) is 29.6.